The fourth-order valence-corrected chi connectivity index (χ4v) is 4.28. The third-order valence-electron chi connectivity index (χ3n) is 6.38. The zero-order valence-electron chi connectivity index (χ0n) is 21.5. The maximum Gasteiger partial charge on any atom is 0.161 e. The number of nitrogens with one attached hydrogen (secondary N) is 1. The molecule has 0 heterocycles. The fraction of sp³-hybridized carbons (Fsp3) is 0.519. The maximum absolute atomic E-state index is 10.2. The van der Waals surface area contributed by atoms with Gasteiger partial charge >= 0.3 is 0 Å². The average Bonchev–Trinajstić information content (AvgIpc) is 2.87. The lowest BCUT2D eigenvalue weighted by atomic mass is 9.70. The summed E-state index contributed by atoms with van der Waals surface area (Å²) in [5.74, 6) is 3.63. The molecule has 0 aliphatic carbocycles. The molecule has 2 aromatic carbocycles. The van der Waals surface area contributed by atoms with E-state index in [0.29, 0.717) is 17.2 Å². The van der Waals surface area contributed by atoms with E-state index in [-0.39, 0.29) is 5.92 Å². The van der Waals surface area contributed by atoms with Crippen molar-refractivity contribution in [1.29, 1.82) is 5.26 Å². The van der Waals surface area contributed by atoms with Crippen LogP contribution < -0.4 is 29.0 Å². The Morgan fingerprint density at radius 2 is 1.44 bits per heavy atom. The molecule has 0 aliphatic heterocycles. The summed E-state index contributed by atoms with van der Waals surface area (Å²) in [6, 6.07) is 12.1. The molecule has 7 nitrogen and oxygen atoms in total. The third kappa shape index (κ3) is 6.06. The number of rotatable bonds is 14. The predicted molar refractivity (Wildman–Crippen MR) is 134 cm³/mol. The van der Waals surface area contributed by atoms with Crippen LogP contribution in [0.2, 0.25) is 0 Å². The van der Waals surface area contributed by atoms with Crippen LogP contribution >= 0.6 is 0 Å². The van der Waals surface area contributed by atoms with Gasteiger partial charge in [-0.15, -0.1) is 0 Å². The lowest BCUT2D eigenvalue weighted by Gasteiger charge is -2.32. The van der Waals surface area contributed by atoms with Gasteiger partial charge in [0.05, 0.1) is 47.0 Å². The molecule has 0 spiro atoms. The van der Waals surface area contributed by atoms with Gasteiger partial charge in [0, 0.05) is 17.7 Å². The minimum atomic E-state index is -0.607. The molecule has 186 valence electrons. The predicted octanol–water partition coefficient (Wildman–Crippen LogP) is 4.76. The van der Waals surface area contributed by atoms with Crippen LogP contribution in [0, 0.1) is 17.2 Å². The molecule has 1 atom stereocenters. The highest BCUT2D eigenvalue weighted by atomic mass is 16.5. The largest absolute Gasteiger partial charge is 0.496 e. The van der Waals surface area contributed by atoms with Crippen molar-refractivity contribution in [2.45, 2.75) is 38.5 Å². The Labute approximate surface area is 203 Å². The number of benzene rings is 2. The summed E-state index contributed by atoms with van der Waals surface area (Å²) in [7, 11) is 8.14. The molecule has 0 fully saturated rings. The fourth-order valence-electron chi connectivity index (χ4n) is 4.28. The first-order chi connectivity index (χ1) is 16.4. The first-order valence-corrected chi connectivity index (χ1v) is 11.5. The lowest BCUT2D eigenvalue weighted by molar-refractivity contribution is 0.341. The minimum Gasteiger partial charge on any atom is -0.496 e. The number of hydrogen-bond donors (Lipinski definition) is 1. The zero-order valence-corrected chi connectivity index (χ0v) is 21.5. The summed E-state index contributed by atoms with van der Waals surface area (Å²) < 4.78 is 27.2. The Hall–Kier alpha value is -3.11. The van der Waals surface area contributed by atoms with E-state index in [1.807, 2.05) is 30.3 Å². The quantitative estimate of drug-likeness (QED) is 0.399. The summed E-state index contributed by atoms with van der Waals surface area (Å²) in [5.41, 5.74) is 1.34. The van der Waals surface area contributed by atoms with Crippen LogP contribution in [0.15, 0.2) is 30.3 Å². The summed E-state index contributed by atoms with van der Waals surface area (Å²) in [6.07, 6.45) is 2.34. The molecule has 0 aliphatic rings. The van der Waals surface area contributed by atoms with Crippen LogP contribution in [0.25, 0.3) is 0 Å². The lowest BCUT2D eigenvalue weighted by Crippen LogP contribution is -2.32. The monoisotopic (exact) mass is 470 g/mol. The van der Waals surface area contributed by atoms with Crippen LogP contribution in [-0.4, -0.2) is 48.6 Å². The third-order valence-corrected chi connectivity index (χ3v) is 6.38. The molecule has 1 N–H and O–H groups in total. The van der Waals surface area contributed by atoms with Crippen molar-refractivity contribution in [2.75, 3.05) is 48.6 Å². The van der Waals surface area contributed by atoms with Crippen molar-refractivity contribution in [3.8, 4) is 34.8 Å². The molecular weight excluding hydrogens is 432 g/mol. The highest BCUT2D eigenvalue weighted by Crippen LogP contribution is 2.40. The number of hydrogen-bond acceptors (Lipinski definition) is 7. The Morgan fingerprint density at radius 1 is 0.824 bits per heavy atom. The van der Waals surface area contributed by atoms with Gasteiger partial charge in [-0.1, -0.05) is 19.9 Å². The van der Waals surface area contributed by atoms with Crippen molar-refractivity contribution in [2.24, 2.45) is 5.92 Å². The Kier molecular flexibility index (Phi) is 10.3. The summed E-state index contributed by atoms with van der Waals surface area (Å²) in [5, 5.41) is 13.7. The molecule has 0 saturated heterocycles. The number of methoxy groups -OCH3 is 5. The average molecular weight is 471 g/mol. The SMILES string of the molecule is COc1cc(OC)c(CCNCCCC(C#N)(c2ccc(OC)c(OC)c2)C(C)C)c(OC)c1. The van der Waals surface area contributed by atoms with Crippen molar-refractivity contribution in [1.82, 2.24) is 5.32 Å². The molecule has 7 heteroatoms. The minimum absolute atomic E-state index is 0.142. The van der Waals surface area contributed by atoms with Gasteiger partial charge in [0.25, 0.3) is 0 Å². The molecule has 0 aromatic heterocycles. The van der Waals surface area contributed by atoms with Gasteiger partial charge in [0.1, 0.15) is 17.2 Å². The molecular formula is C27H38N2O5. The van der Waals surface area contributed by atoms with Gasteiger partial charge in [-0.25, -0.2) is 0 Å². The van der Waals surface area contributed by atoms with Gasteiger partial charge in [0.2, 0.25) is 0 Å². The van der Waals surface area contributed by atoms with E-state index in [9.17, 15) is 5.26 Å². The maximum atomic E-state index is 10.2. The second kappa shape index (κ2) is 13.0. The van der Waals surface area contributed by atoms with E-state index in [2.05, 4.69) is 25.2 Å². The van der Waals surface area contributed by atoms with Gasteiger partial charge in [-0.05, 0) is 56.0 Å². The molecule has 2 aromatic rings. The molecule has 0 radical (unpaired) electrons. The Balaban J connectivity index is 2.03. The second-order valence-corrected chi connectivity index (χ2v) is 8.42. The molecule has 34 heavy (non-hydrogen) atoms. The highest BCUT2D eigenvalue weighted by Gasteiger charge is 2.36. The Morgan fingerprint density at radius 3 is 1.94 bits per heavy atom. The topological polar surface area (TPSA) is 82.0 Å². The Bertz CT molecular complexity index is 945. The first kappa shape index (κ1) is 27.1. The van der Waals surface area contributed by atoms with E-state index in [4.69, 9.17) is 23.7 Å². The second-order valence-electron chi connectivity index (χ2n) is 8.42. The van der Waals surface area contributed by atoms with Crippen molar-refractivity contribution in [3.63, 3.8) is 0 Å². The van der Waals surface area contributed by atoms with Gasteiger partial charge < -0.3 is 29.0 Å². The zero-order chi connectivity index (χ0) is 25.1. The van der Waals surface area contributed by atoms with E-state index in [1.165, 1.54) is 0 Å². The van der Waals surface area contributed by atoms with Crippen molar-refractivity contribution in [3.05, 3.63) is 41.5 Å². The van der Waals surface area contributed by atoms with Crippen LogP contribution in [0.5, 0.6) is 28.7 Å². The van der Waals surface area contributed by atoms with Crippen molar-refractivity contribution < 1.29 is 23.7 Å². The van der Waals surface area contributed by atoms with E-state index in [0.717, 1.165) is 55.0 Å². The van der Waals surface area contributed by atoms with Gasteiger partial charge in [0.15, 0.2) is 11.5 Å². The van der Waals surface area contributed by atoms with E-state index >= 15 is 0 Å². The van der Waals surface area contributed by atoms with Gasteiger partial charge in [-0.2, -0.15) is 5.26 Å². The first-order valence-electron chi connectivity index (χ1n) is 11.5. The van der Waals surface area contributed by atoms with Crippen LogP contribution in [0.1, 0.15) is 37.8 Å². The molecule has 0 amide bonds. The summed E-state index contributed by atoms with van der Waals surface area (Å²) in [6.45, 7) is 5.74. The van der Waals surface area contributed by atoms with E-state index in [1.54, 1.807) is 35.5 Å². The number of nitriles is 1. The van der Waals surface area contributed by atoms with Gasteiger partial charge in [-0.3, -0.25) is 0 Å². The molecule has 2 rings (SSSR count). The number of ether oxygens (including phenoxy) is 5. The standard InChI is InChI=1S/C27H38N2O5/c1-19(2)27(18-28,20-9-10-23(31-4)26(15-20)34-7)12-8-13-29-14-11-22-24(32-5)16-21(30-3)17-25(22)33-6/h9-10,15-17,19,29H,8,11-14H2,1-7H3. The van der Waals surface area contributed by atoms with Crippen LogP contribution in [0.4, 0.5) is 0 Å². The molecule has 1 unspecified atom stereocenters. The van der Waals surface area contributed by atoms with Crippen molar-refractivity contribution >= 4 is 0 Å². The number of nitrogens with zero attached hydrogens (tertiary/aromatic N) is 1. The van der Waals surface area contributed by atoms with Crippen LogP contribution in [0.3, 0.4) is 0 Å². The summed E-state index contributed by atoms with van der Waals surface area (Å²) >= 11 is 0. The van der Waals surface area contributed by atoms with E-state index < -0.39 is 5.41 Å². The molecule has 0 saturated carbocycles. The highest BCUT2D eigenvalue weighted by molar-refractivity contribution is 5.51. The molecule has 0 bridgehead atoms. The smallest absolute Gasteiger partial charge is 0.161 e. The summed E-state index contributed by atoms with van der Waals surface area (Å²) in [4.78, 5) is 0. The van der Waals surface area contributed by atoms with Crippen LogP contribution in [-0.2, 0) is 11.8 Å². The normalized spacial score (nSPS) is 12.6.